The van der Waals surface area contributed by atoms with Gasteiger partial charge in [-0.25, -0.2) is 4.98 Å². The van der Waals surface area contributed by atoms with Gasteiger partial charge in [-0.05, 0) is 26.2 Å². The lowest BCUT2D eigenvalue weighted by Gasteiger charge is -2.18. The molecule has 1 aliphatic carbocycles. The zero-order chi connectivity index (χ0) is 12.0. The smallest absolute Gasteiger partial charge is 0.114 e. The highest BCUT2D eigenvalue weighted by atomic mass is 16.5. The van der Waals surface area contributed by atoms with Crippen LogP contribution in [0.5, 0.6) is 0 Å². The monoisotopic (exact) mass is 235 g/mol. The van der Waals surface area contributed by atoms with Gasteiger partial charge >= 0.3 is 0 Å². The number of imidazole rings is 1. The van der Waals surface area contributed by atoms with Gasteiger partial charge < -0.3 is 15.0 Å². The normalized spacial score (nSPS) is 32.8. The molecular formula is C13H21N3O. The highest BCUT2D eigenvalue weighted by Crippen LogP contribution is 2.31. The average Bonchev–Trinajstić information content (AvgIpc) is 2.83. The highest BCUT2D eigenvalue weighted by Gasteiger charge is 2.30. The van der Waals surface area contributed by atoms with Crippen molar-refractivity contribution in [2.24, 2.45) is 12.8 Å². The van der Waals surface area contributed by atoms with Crippen LogP contribution in [0, 0.1) is 0 Å². The molecule has 2 heterocycles. The Hall–Kier alpha value is -0.870. The van der Waals surface area contributed by atoms with E-state index in [1.54, 1.807) is 0 Å². The zero-order valence-electron chi connectivity index (χ0n) is 10.6. The van der Waals surface area contributed by atoms with Crippen LogP contribution in [0.15, 0.2) is 0 Å². The van der Waals surface area contributed by atoms with E-state index >= 15 is 0 Å². The summed E-state index contributed by atoms with van der Waals surface area (Å²) in [5.41, 5.74) is 8.62. The van der Waals surface area contributed by atoms with Crippen molar-refractivity contribution in [3.8, 4) is 0 Å². The fourth-order valence-corrected chi connectivity index (χ4v) is 3.12. The number of ether oxygens (including phenoxy) is 1. The Morgan fingerprint density at radius 1 is 1.47 bits per heavy atom. The second-order valence-electron chi connectivity index (χ2n) is 5.50. The third kappa shape index (κ3) is 1.89. The molecule has 0 spiro atoms. The molecule has 0 aromatic carbocycles. The molecule has 1 aliphatic heterocycles. The Morgan fingerprint density at radius 2 is 2.29 bits per heavy atom. The molecule has 1 fully saturated rings. The molecule has 4 nitrogen and oxygen atoms in total. The Kier molecular flexibility index (Phi) is 2.71. The predicted octanol–water partition coefficient (Wildman–Crippen LogP) is 1.13. The summed E-state index contributed by atoms with van der Waals surface area (Å²) >= 11 is 0. The second-order valence-corrected chi connectivity index (χ2v) is 5.50. The van der Waals surface area contributed by atoms with E-state index in [4.69, 9.17) is 15.5 Å². The Bertz CT molecular complexity index is 427. The largest absolute Gasteiger partial charge is 0.378 e. The van der Waals surface area contributed by atoms with E-state index in [1.807, 2.05) is 0 Å². The van der Waals surface area contributed by atoms with Crippen LogP contribution >= 0.6 is 0 Å². The SMILES string of the molecule is CC1CC(c2nc3c(n2C)CCC(N)C3)CO1. The first kappa shape index (κ1) is 11.2. The molecule has 2 aliphatic rings. The summed E-state index contributed by atoms with van der Waals surface area (Å²) in [5.74, 6) is 1.67. The molecule has 0 radical (unpaired) electrons. The van der Waals surface area contributed by atoms with Crippen molar-refractivity contribution in [1.29, 1.82) is 0 Å². The van der Waals surface area contributed by atoms with Gasteiger partial charge in [0, 0.05) is 31.1 Å². The Morgan fingerprint density at radius 3 is 3.00 bits per heavy atom. The van der Waals surface area contributed by atoms with Gasteiger partial charge in [-0.15, -0.1) is 0 Å². The fraction of sp³-hybridized carbons (Fsp3) is 0.769. The van der Waals surface area contributed by atoms with Crippen LogP contribution in [-0.2, 0) is 24.6 Å². The number of fused-ring (bicyclic) bond motifs is 1. The maximum atomic E-state index is 6.01. The van der Waals surface area contributed by atoms with Crippen LogP contribution in [0.2, 0.25) is 0 Å². The maximum Gasteiger partial charge on any atom is 0.114 e. The van der Waals surface area contributed by atoms with E-state index in [0.29, 0.717) is 18.1 Å². The van der Waals surface area contributed by atoms with E-state index in [0.717, 1.165) is 32.3 Å². The van der Waals surface area contributed by atoms with Crippen molar-refractivity contribution in [2.75, 3.05) is 6.61 Å². The molecule has 2 N–H and O–H groups in total. The number of aromatic nitrogens is 2. The minimum atomic E-state index is 0.295. The van der Waals surface area contributed by atoms with Crippen LogP contribution in [-0.4, -0.2) is 28.3 Å². The van der Waals surface area contributed by atoms with Crippen LogP contribution in [0.4, 0.5) is 0 Å². The van der Waals surface area contributed by atoms with E-state index < -0.39 is 0 Å². The van der Waals surface area contributed by atoms with Gasteiger partial charge in [-0.1, -0.05) is 0 Å². The second kappa shape index (κ2) is 4.10. The summed E-state index contributed by atoms with van der Waals surface area (Å²) in [6, 6.07) is 0.295. The summed E-state index contributed by atoms with van der Waals surface area (Å²) in [6.45, 7) is 2.95. The molecule has 4 heteroatoms. The molecule has 0 saturated carbocycles. The van der Waals surface area contributed by atoms with Gasteiger partial charge in [0.1, 0.15) is 5.82 Å². The Labute approximate surface area is 102 Å². The van der Waals surface area contributed by atoms with Crippen molar-refractivity contribution >= 4 is 0 Å². The molecule has 1 saturated heterocycles. The minimum absolute atomic E-state index is 0.295. The maximum absolute atomic E-state index is 6.01. The standard InChI is InChI=1S/C13H21N3O/c1-8-5-9(7-17-8)13-15-11-6-10(14)3-4-12(11)16(13)2/h8-10H,3-7,14H2,1-2H3. The van der Waals surface area contributed by atoms with Crippen molar-refractivity contribution in [1.82, 2.24) is 9.55 Å². The predicted molar refractivity (Wildman–Crippen MR) is 66.0 cm³/mol. The molecule has 3 atom stereocenters. The van der Waals surface area contributed by atoms with Gasteiger partial charge in [0.2, 0.25) is 0 Å². The molecule has 1 aromatic heterocycles. The number of nitrogens with two attached hydrogens (primary N) is 1. The number of hydrogen-bond donors (Lipinski definition) is 1. The molecule has 17 heavy (non-hydrogen) atoms. The molecule has 3 unspecified atom stereocenters. The van der Waals surface area contributed by atoms with Crippen LogP contribution in [0.1, 0.15) is 42.9 Å². The number of rotatable bonds is 1. The summed E-state index contributed by atoms with van der Waals surface area (Å²) in [5, 5.41) is 0. The van der Waals surface area contributed by atoms with Crippen molar-refractivity contribution in [3.63, 3.8) is 0 Å². The third-order valence-electron chi connectivity index (χ3n) is 4.10. The topological polar surface area (TPSA) is 53.1 Å². The quantitative estimate of drug-likeness (QED) is 0.794. The van der Waals surface area contributed by atoms with E-state index in [2.05, 4.69) is 18.5 Å². The van der Waals surface area contributed by atoms with Crippen LogP contribution in [0.25, 0.3) is 0 Å². The Balaban J connectivity index is 1.91. The van der Waals surface area contributed by atoms with E-state index in [-0.39, 0.29) is 0 Å². The van der Waals surface area contributed by atoms with Crippen molar-refractivity contribution < 1.29 is 4.74 Å². The van der Waals surface area contributed by atoms with E-state index in [1.165, 1.54) is 17.2 Å². The number of nitrogens with zero attached hydrogens (tertiary/aromatic N) is 2. The lowest BCUT2D eigenvalue weighted by Crippen LogP contribution is -2.28. The molecule has 0 amide bonds. The van der Waals surface area contributed by atoms with E-state index in [9.17, 15) is 0 Å². The van der Waals surface area contributed by atoms with Crippen molar-refractivity contribution in [2.45, 2.75) is 50.7 Å². The fourth-order valence-electron chi connectivity index (χ4n) is 3.12. The third-order valence-corrected chi connectivity index (χ3v) is 4.10. The first-order valence-corrected chi connectivity index (χ1v) is 6.56. The molecule has 0 bridgehead atoms. The summed E-state index contributed by atoms with van der Waals surface area (Å²) in [7, 11) is 2.14. The lowest BCUT2D eigenvalue weighted by atomic mass is 9.97. The van der Waals surface area contributed by atoms with Crippen molar-refractivity contribution in [3.05, 3.63) is 17.2 Å². The molecular weight excluding hydrogens is 214 g/mol. The summed E-state index contributed by atoms with van der Waals surface area (Å²) < 4.78 is 7.93. The molecule has 1 aromatic rings. The average molecular weight is 235 g/mol. The first-order chi connectivity index (χ1) is 8.15. The molecule has 3 rings (SSSR count). The van der Waals surface area contributed by atoms with Crippen LogP contribution < -0.4 is 5.73 Å². The summed E-state index contributed by atoms with van der Waals surface area (Å²) in [4.78, 5) is 4.82. The summed E-state index contributed by atoms with van der Waals surface area (Å²) in [6.07, 6.45) is 4.56. The van der Waals surface area contributed by atoms with Gasteiger partial charge in [0.25, 0.3) is 0 Å². The van der Waals surface area contributed by atoms with Gasteiger partial charge in [-0.3, -0.25) is 0 Å². The molecule has 94 valence electrons. The zero-order valence-corrected chi connectivity index (χ0v) is 10.6. The van der Waals surface area contributed by atoms with Gasteiger partial charge in [-0.2, -0.15) is 0 Å². The minimum Gasteiger partial charge on any atom is -0.378 e. The highest BCUT2D eigenvalue weighted by molar-refractivity contribution is 5.23. The lowest BCUT2D eigenvalue weighted by molar-refractivity contribution is 0.123. The van der Waals surface area contributed by atoms with Gasteiger partial charge in [0.15, 0.2) is 0 Å². The first-order valence-electron chi connectivity index (χ1n) is 6.56. The van der Waals surface area contributed by atoms with Crippen LogP contribution in [0.3, 0.4) is 0 Å². The number of hydrogen-bond acceptors (Lipinski definition) is 3. The van der Waals surface area contributed by atoms with Gasteiger partial charge in [0.05, 0.1) is 18.4 Å².